The predicted octanol–water partition coefficient (Wildman–Crippen LogP) is 2.51. The molecule has 1 unspecified atom stereocenters. The van der Waals surface area contributed by atoms with Crippen LogP contribution < -0.4 is 5.73 Å². The minimum Gasteiger partial charge on any atom is -0.398 e. The number of carbonyl (C=O) groups is 1. The van der Waals surface area contributed by atoms with E-state index in [1.165, 1.54) is 0 Å². The topological polar surface area (TPSA) is 49.6 Å². The van der Waals surface area contributed by atoms with Gasteiger partial charge in [-0.2, -0.15) is 0 Å². The molecular formula is C15H22BrN3O. The number of likely N-dealkylation sites (N-methyl/N-ethyl adjacent to an activating group) is 1. The van der Waals surface area contributed by atoms with E-state index >= 15 is 0 Å². The molecule has 0 radical (unpaired) electrons. The number of hydrogen-bond acceptors (Lipinski definition) is 3. The van der Waals surface area contributed by atoms with Crippen molar-refractivity contribution >= 4 is 27.5 Å². The normalized spacial score (nSPS) is 20.8. The number of anilines is 1. The number of hydrogen-bond donors (Lipinski definition) is 1. The van der Waals surface area contributed by atoms with Gasteiger partial charge in [0, 0.05) is 34.9 Å². The van der Waals surface area contributed by atoms with E-state index in [0.29, 0.717) is 11.3 Å². The lowest BCUT2D eigenvalue weighted by molar-refractivity contribution is 0.0696. The lowest BCUT2D eigenvalue weighted by Crippen LogP contribution is -2.42. The van der Waals surface area contributed by atoms with Crippen LogP contribution in [0.25, 0.3) is 0 Å². The fourth-order valence-electron chi connectivity index (χ4n) is 2.75. The third-order valence-electron chi connectivity index (χ3n) is 3.95. The van der Waals surface area contributed by atoms with Gasteiger partial charge in [0.1, 0.15) is 0 Å². The summed E-state index contributed by atoms with van der Waals surface area (Å²) in [6, 6.07) is 3.93. The molecule has 5 heteroatoms. The Labute approximate surface area is 129 Å². The van der Waals surface area contributed by atoms with Gasteiger partial charge in [0.05, 0.1) is 0 Å². The van der Waals surface area contributed by atoms with Crippen LogP contribution in [-0.2, 0) is 0 Å². The van der Waals surface area contributed by atoms with Gasteiger partial charge < -0.3 is 15.5 Å². The van der Waals surface area contributed by atoms with Gasteiger partial charge in [0.15, 0.2) is 0 Å². The number of nitrogens with two attached hydrogens (primary N) is 1. The second-order valence-corrected chi connectivity index (χ2v) is 6.55. The third-order valence-corrected chi connectivity index (χ3v) is 4.41. The van der Waals surface area contributed by atoms with Crippen LogP contribution in [0, 0.1) is 6.92 Å². The molecule has 0 aromatic heterocycles. The molecule has 1 amide bonds. The van der Waals surface area contributed by atoms with Crippen LogP contribution in [0.4, 0.5) is 5.69 Å². The highest BCUT2D eigenvalue weighted by Gasteiger charge is 2.26. The van der Waals surface area contributed by atoms with Gasteiger partial charge in [-0.05, 0) is 51.6 Å². The first-order valence-electron chi connectivity index (χ1n) is 6.95. The lowest BCUT2D eigenvalue weighted by Gasteiger charge is -2.29. The van der Waals surface area contributed by atoms with E-state index in [1.54, 1.807) is 0 Å². The van der Waals surface area contributed by atoms with Gasteiger partial charge in [0.25, 0.3) is 5.91 Å². The molecule has 1 heterocycles. The molecule has 1 saturated heterocycles. The summed E-state index contributed by atoms with van der Waals surface area (Å²) in [4.78, 5) is 17.1. The van der Waals surface area contributed by atoms with E-state index in [4.69, 9.17) is 5.73 Å². The summed E-state index contributed by atoms with van der Waals surface area (Å²) in [5, 5.41) is 0. The quantitative estimate of drug-likeness (QED) is 0.799. The maximum atomic E-state index is 12.8. The monoisotopic (exact) mass is 339 g/mol. The van der Waals surface area contributed by atoms with E-state index in [9.17, 15) is 4.79 Å². The van der Waals surface area contributed by atoms with Crippen molar-refractivity contribution in [3.63, 3.8) is 0 Å². The van der Waals surface area contributed by atoms with Crippen molar-refractivity contribution in [3.8, 4) is 0 Å². The first-order valence-corrected chi connectivity index (χ1v) is 7.74. The number of halogens is 1. The average molecular weight is 340 g/mol. The van der Waals surface area contributed by atoms with E-state index in [-0.39, 0.29) is 11.9 Å². The minimum absolute atomic E-state index is 0.0818. The van der Waals surface area contributed by atoms with Crippen molar-refractivity contribution in [2.24, 2.45) is 0 Å². The first-order chi connectivity index (χ1) is 9.40. The molecule has 2 rings (SSSR count). The molecule has 1 fully saturated rings. The Morgan fingerprint density at radius 3 is 2.80 bits per heavy atom. The van der Waals surface area contributed by atoms with E-state index in [2.05, 4.69) is 34.8 Å². The van der Waals surface area contributed by atoms with Crippen LogP contribution >= 0.6 is 15.9 Å². The first kappa shape index (κ1) is 15.3. The van der Waals surface area contributed by atoms with Gasteiger partial charge in [-0.15, -0.1) is 0 Å². The summed E-state index contributed by atoms with van der Waals surface area (Å²) < 4.78 is 0.851. The van der Waals surface area contributed by atoms with Crippen molar-refractivity contribution in [3.05, 3.63) is 27.7 Å². The summed E-state index contributed by atoms with van der Waals surface area (Å²) in [6.45, 7) is 6.76. The number of benzene rings is 1. The van der Waals surface area contributed by atoms with E-state index in [1.807, 2.05) is 24.0 Å². The Bertz CT molecular complexity index is 518. The van der Waals surface area contributed by atoms with Crippen molar-refractivity contribution in [1.29, 1.82) is 0 Å². The Morgan fingerprint density at radius 2 is 2.10 bits per heavy atom. The fourth-order valence-corrected chi connectivity index (χ4v) is 3.23. The smallest absolute Gasteiger partial charge is 0.254 e. The van der Waals surface area contributed by atoms with Crippen LogP contribution in [0.15, 0.2) is 16.6 Å². The minimum atomic E-state index is 0.0818. The summed E-state index contributed by atoms with van der Waals surface area (Å²) in [5.74, 6) is 0.0818. The molecule has 110 valence electrons. The Kier molecular flexibility index (Phi) is 4.70. The molecule has 0 bridgehead atoms. The van der Waals surface area contributed by atoms with Crippen LogP contribution in [0.1, 0.15) is 29.3 Å². The molecule has 0 spiro atoms. The highest BCUT2D eigenvalue weighted by Crippen LogP contribution is 2.25. The van der Waals surface area contributed by atoms with Crippen molar-refractivity contribution in [1.82, 2.24) is 9.80 Å². The Hall–Kier alpha value is -1.07. The van der Waals surface area contributed by atoms with Crippen molar-refractivity contribution < 1.29 is 4.79 Å². The highest BCUT2D eigenvalue weighted by atomic mass is 79.9. The zero-order valence-corrected chi connectivity index (χ0v) is 13.9. The molecule has 1 aliphatic heterocycles. The second kappa shape index (κ2) is 6.14. The summed E-state index contributed by atoms with van der Waals surface area (Å²) in [5.41, 5.74) is 8.19. The van der Waals surface area contributed by atoms with Gasteiger partial charge in [0.2, 0.25) is 0 Å². The van der Waals surface area contributed by atoms with Crippen molar-refractivity contribution in [2.45, 2.75) is 26.3 Å². The van der Waals surface area contributed by atoms with Gasteiger partial charge >= 0.3 is 0 Å². The molecule has 1 aromatic rings. The highest BCUT2D eigenvalue weighted by molar-refractivity contribution is 9.10. The number of carbonyl (C=O) groups excluding carboxylic acids is 1. The molecule has 1 aromatic carbocycles. The van der Waals surface area contributed by atoms with Crippen LogP contribution in [0.5, 0.6) is 0 Å². The molecule has 2 N–H and O–H groups in total. The standard InChI is InChI=1S/C15H22BrN3O/c1-10-9-18(3)5-4-6-19(10)15(20)13-7-12(16)8-14(17)11(13)2/h7-8,10H,4-6,9,17H2,1-3H3. The molecule has 1 atom stereocenters. The van der Waals surface area contributed by atoms with Crippen LogP contribution in [0.3, 0.4) is 0 Å². The Balaban J connectivity index is 2.31. The summed E-state index contributed by atoms with van der Waals surface area (Å²) in [6.07, 6.45) is 1.01. The van der Waals surface area contributed by atoms with Crippen LogP contribution in [-0.4, -0.2) is 48.4 Å². The van der Waals surface area contributed by atoms with Crippen LogP contribution in [0.2, 0.25) is 0 Å². The number of nitrogens with zero attached hydrogens (tertiary/aromatic N) is 2. The number of amides is 1. The summed E-state index contributed by atoms with van der Waals surface area (Å²) in [7, 11) is 2.10. The molecule has 0 saturated carbocycles. The van der Waals surface area contributed by atoms with Gasteiger partial charge in [-0.25, -0.2) is 0 Å². The zero-order valence-electron chi connectivity index (χ0n) is 12.3. The molecule has 0 aliphatic carbocycles. The molecule has 1 aliphatic rings. The maximum Gasteiger partial charge on any atom is 0.254 e. The number of nitrogen functional groups attached to an aromatic ring is 1. The third kappa shape index (κ3) is 3.15. The van der Waals surface area contributed by atoms with Gasteiger partial charge in [-0.1, -0.05) is 15.9 Å². The van der Waals surface area contributed by atoms with E-state index in [0.717, 1.165) is 36.1 Å². The fraction of sp³-hybridized carbons (Fsp3) is 0.533. The lowest BCUT2D eigenvalue weighted by atomic mass is 10.0. The SMILES string of the molecule is Cc1c(N)cc(Br)cc1C(=O)N1CCCN(C)CC1C. The molecular weight excluding hydrogens is 318 g/mol. The zero-order chi connectivity index (χ0) is 14.9. The van der Waals surface area contributed by atoms with E-state index < -0.39 is 0 Å². The maximum absolute atomic E-state index is 12.8. The predicted molar refractivity (Wildman–Crippen MR) is 85.9 cm³/mol. The number of rotatable bonds is 1. The van der Waals surface area contributed by atoms with Crippen molar-refractivity contribution in [2.75, 3.05) is 32.4 Å². The average Bonchev–Trinajstić information content (AvgIpc) is 2.53. The molecule has 4 nitrogen and oxygen atoms in total. The second-order valence-electron chi connectivity index (χ2n) is 5.63. The summed E-state index contributed by atoms with van der Waals surface area (Å²) >= 11 is 3.42. The largest absolute Gasteiger partial charge is 0.398 e. The molecule has 20 heavy (non-hydrogen) atoms. The Morgan fingerprint density at radius 1 is 1.40 bits per heavy atom. The van der Waals surface area contributed by atoms with Gasteiger partial charge in [-0.3, -0.25) is 4.79 Å².